The van der Waals surface area contributed by atoms with Gasteiger partial charge in [0.15, 0.2) is 0 Å². The molecule has 1 fully saturated rings. The van der Waals surface area contributed by atoms with Gasteiger partial charge < -0.3 is 14.8 Å². The molecule has 0 radical (unpaired) electrons. The Morgan fingerprint density at radius 2 is 1.77 bits per heavy atom. The standard InChI is InChI=1S/C25H30N4O2/c1-27-15-16-29(23(18-27)19-9-4-3-5-10-19)14-8-13-26-25(31)21-17-24(30)28(2)22-12-7-6-11-20(21)22/h3-7,9-12,17,23H,8,13-16,18H2,1-2H3,(H,26,31). The quantitative estimate of drug-likeness (QED) is 0.626. The number of fused-ring (bicyclic) bond motifs is 1. The predicted octanol–water partition coefficient (Wildman–Crippen LogP) is 2.65. The van der Waals surface area contributed by atoms with E-state index in [-0.39, 0.29) is 11.5 Å². The molecule has 1 unspecified atom stereocenters. The SMILES string of the molecule is CN1CCN(CCCNC(=O)c2cc(=O)n(C)c3ccccc23)C(c2ccccc2)C1. The van der Waals surface area contributed by atoms with Crippen molar-refractivity contribution >= 4 is 16.8 Å². The molecule has 162 valence electrons. The van der Waals surface area contributed by atoms with E-state index in [2.05, 4.69) is 52.5 Å². The highest BCUT2D eigenvalue weighted by Crippen LogP contribution is 2.24. The molecular weight excluding hydrogens is 388 g/mol. The Kier molecular flexibility index (Phi) is 6.49. The van der Waals surface area contributed by atoms with Gasteiger partial charge in [0.1, 0.15) is 0 Å². The molecule has 31 heavy (non-hydrogen) atoms. The van der Waals surface area contributed by atoms with Crippen molar-refractivity contribution in [2.24, 2.45) is 7.05 Å². The lowest BCUT2D eigenvalue weighted by atomic mass is 10.0. The number of amides is 1. The summed E-state index contributed by atoms with van der Waals surface area (Å²) in [5.41, 5.74) is 2.38. The van der Waals surface area contributed by atoms with Crippen molar-refractivity contribution < 1.29 is 4.79 Å². The van der Waals surface area contributed by atoms with Gasteiger partial charge in [-0.1, -0.05) is 48.5 Å². The Morgan fingerprint density at radius 1 is 1.03 bits per heavy atom. The third-order valence-corrected chi connectivity index (χ3v) is 6.18. The summed E-state index contributed by atoms with van der Waals surface area (Å²) in [6, 6.07) is 20.0. The normalized spacial score (nSPS) is 17.7. The van der Waals surface area contributed by atoms with Crippen molar-refractivity contribution in [1.29, 1.82) is 0 Å². The van der Waals surface area contributed by atoms with Crippen molar-refractivity contribution in [3.05, 3.63) is 82.1 Å². The first-order chi connectivity index (χ1) is 15.0. The summed E-state index contributed by atoms with van der Waals surface area (Å²) in [5, 5.41) is 3.81. The van der Waals surface area contributed by atoms with Crippen LogP contribution in [0.3, 0.4) is 0 Å². The minimum Gasteiger partial charge on any atom is -0.352 e. The van der Waals surface area contributed by atoms with Gasteiger partial charge in [0, 0.05) is 57.3 Å². The Morgan fingerprint density at radius 3 is 2.58 bits per heavy atom. The Balaban J connectivity index is 1.39. The molecule has 1 aliphatic heterocycles. The number of carbonyl (C=O) groups is 1. The molecule has 4 rings (SSSR count). The maximum Gasteiger partial charge on any atom is 0.252 e. The number of hydrogen-bond donors (Lipinski definition) is 1. The molecule has 1 saturated heterocycles. The van der Waals surface area contributed by atoms with Gasteiger partial charge in [-0.2, -0.15) is 0 Å². The van der Waals surface area contributed by atoms with Gasteiger partial charge in [-0.25, -0.2) is 0 Å². The van der Waals surface area contributed by atoms with Crippen LogP contribution in [0.5, 0.6) is 0 Å². The first-order valence-electron chi connectivity index (χ1n) is 10.9. The topological polar surface area (TPSA) is 57.6 Å². The number of piperazine rings is 1. The Hall–Kier alpha value is -2.96. The summed E-state index contributed by atoms with van der Waals surface area (Å²) in [4.78, 5) is 30.0. The van der Waals surface area contributed by atoms with E-state index in [1.807, 2.05) is 24.3 Å². The number of nitrogens with one attached hydrogen (secondary N) is 1. The number of hydrogen-bond acceptors (Lipinski definition) is 4. The lowest BCUT2D eigenvalue weighted by molar-refractivity contribution is 0.0866. The minimum absolute atomic E-state index is 0.174. The number of rotatable bonds is 6. The molecule has 0 aliphatic carbocycles. The second-order valence-corrected chi connectivity index (χ2v) is 8.31. The van der Waals surface area contributed by atoms with Gasteiger partial charge in [-0.05, 0) is 25.1 Å². The van der Waals surface area contributed by atoms with Crippen LogP contribution in [-0.4, -0.2) is 60.0 Å². The van der Waals surface area contributed by atoms with Gasteiger partial charge in [0.25, 0.3) is 11.5 Å². The number of benzene rings is 2. The molecule has 1 amide bonds. The molecule has 6 heteroatoms. The molecule has 2 aromatic carbocycles. The zero-order valence-electron chi connectivity index (χ0n) is 18.3. The molecule has 1 aliphatic rings. The number of pyridine rings is 1. The second-order valence-electron chi connectivity index (χ2n) is 8.31. The highest BCUT2D eigenvalue weighted by atomic mass is 16.2. The number of likely N-dealkylation sites (N-methyl/N-ethyl adjacent to an activating group) is 1. The largest absolute Gasteiger partial charge is 0.352 e. The lowest BCUT2D eigenvalue weighted by Gasteiger charge is -2.40. The zero-order valence-corrected chi connectivity index (χ0v) is 18.3. The maximum absolute atomic E-state index is 12.8. The van der Waals surface area contributed by atoms with Crippen LogP contribution in [0, 0.1) is 0 Å². The van der Waals surface area contributed by atoms with Crippen molar-refractivity contribution in [2.45, 2.75) is 12.5 Å². The van der Waals surface area contributed by atoms with E-state index < -0.39 is 0 Å². The van der Waals surface area contributed by atoms with E-state index in [0.717, 1.165) is 43.5 Å². The highest BCUT2D eigenvalue weighted by molar-refractivity contribution is 6.06. The molecule has 1 atom stereocenters. The van der Waals surface area contributed by atoms with Crippen molar-refractivity contribution in [3.8, 4) is 0 Å². The van der Waals surface area contributed by atoms with E-state index in [1.165, 1.54) is 11.6 Å². The summed E-state index contributed by atoms with van der Waals surface area (Å²) in [5.74, 6) is -0.188. The zero-order chi connectivity index (χ0) is 21.8. The number of carbonyl (C=O) groups excluding carboxylic acids is 1. The Labute approximate surface area is 183 Å². The van der Waals surface area contributed by atoms with Gasteiger partial charge >= 0.3 is 0 Å². The van der Waals surface area contributed by atoms with Crippen molar-refractivity contribution in [2.75, 3.05) is 39.8 Å². The second kappa shape index (κ2) is 9.45. The van der Waals surface area contributed by atoms with Gasteiger partial charge in [0.2, 0.25) is 0 Å². The van der Waals surface area contributed by atoms with Gasteiger partial charge in [-0.3, -0.25) is 14.5 Å². The maximum atomic E-state index is 12.8. The molecule has 0 saturated carbocycles. The molecule has 1 aromatic heterocycles. The van der Waals surface area contributed by atoms with Crippen LogP contribution in [0.15, 0.2) is 65.5 Å². The smallest absolute Gasteiger partial charge is 0.252 e. The van der Waals surface area contributed by atoms with Crippen molar-refractivity contribution in [1.82, 2.24) is 19.7 Å². The fraction of sp³-hybridized carbons (Fsp3) is 0.360. The molecule has 3 aromatic rings. The fourth-order valence-corrected chi connectivity index (χ4v) is 4.39. The molecule has 0 spiro atoms. The van der Waals surface area contributed by atoms with E-state index >= 15 is 0 Å². The van der Waals surface area contributed by atoms with Crippen LogP contribution in [0.2, 0.25) is 0 Å². The molecule has 6 nitrogen and oxygen atoms in total. The molecule has 1 N–H and O–H groups in total. The van der Waals surface area contributed by atoms with E-state index in [4.69, 9.17) is 0 Å². The van der Waals surface area contributed by atoms with Crippen LogP contribution < -0.4 is 10.9 Å². The number of aryl methyl sites for hydroxylation is 1. The lowest BCUT2D eigenvalue weighted by Crippen LogP contribution is -2.47. The first kappa shape index (κ1) is 21.3. The highest BCUT2D eigenvalue weighted by Gasteiger charge is 2.26. The van der Waals surface area contributed by atoms with E-state index in [9.17, 15) is 9.59 Å². The minimum atomic E-state index is -0.188. The summed E-state index contributed by atoms with van der Waals surface area (Å²) < 4.78 is 1.57. The molecule has 2 heterocycles. The third-order valence-electron chi connectivity index (χ3n) is 6.18. The van der Waals surface area contributed by atoms with E-state index in [0.29, 0.717) is 18.2 Å². The number of para-hydroxylation sites is 1. The average molecular weight is 419 g/mol. The van der Waals surface area contributed by atoms with Gasteiger partial charge in [0.05, 0.1) is 11.1 Å². The van der Waals surface area contributed by atoms with Crippen molar-refractivity contribution in [3.63, 3.8) is 0 Å². The average Bonchev–Trinajstić information content (AvgIpc) is 2.80. The molecule has 0 bridgehead atoms. The summed E-state index contributed by atoms with van der Waals surface area (Å²) in [6.07, 6.45) is 0.863. The predicted molar refractivity (Wildman–Crippen MR) is 124 cm³/mol. The first-order valence-corrected chi connectivity index (χ1v) is 10.9. The van der Waals surface area contributed by atoms with Crippen LogP contribution in [0.25, 0.3) is 10.9 Å². The van der Waals surface area contributed by atoms with Gasteiger partial charge in [-0.15, -0.1) is 0 Å². The molecular formula is C25H30N4O2. The Bertz CT molecular complexity index is 1110. The van der Waals surface area contributed by atoms with E-state index in [1.54, 1.807) is 11.6 Å². The van der Waals surface area contributed by atoms with Crippen LogP contribution in [0.4, 0.5) is 0 Å². The van der Waals surface area contributed by atoms with Crippen LogP contribution >= 0.6 is 0 Å². The third kappa shape index (κ3) is 4.70. The van der Waals surface area contributed by atoms with Crippen LogP contribution in [-0.2, 0) is 7.05 Å². The summed E-state index contributed by atoms with van der Waals surface area (Å²) in [7, 11) is 3.90. The number of nitrogens with zero attached hydrogens (tertiary/aromatic N) is 3. The van der Waals surface area contributed by atoms with Crippen LogP contribution in [0.1, 0.15) is 28.4 Å². The number of aromatic nitrogens is 1. The monoisotopic (exact) mass is 418 g/mol. The fourth-order valence-electron chi connectivity index (χ4n) is 4.39. The summed E-state index contributed by atoms with van der Waals surface area (Å²) in [6.45, 7) is 4.58. The summed E-state index contributed by atoms with van der Waals surface area (Å²) >= 11 is 0.